The van der Waals surface area contributed by atoms with E-state index in [4.69, 9.17) is 4.74 Å². The Kier molecular flexibility index (Phi) is 5.34. The van der Waals surface area contributed by atoms with Crippen molar-refractivity contribution in [2.75, 3.05) is 25.1 Å². The van der Waals surface area contributed by atoms with E-state index in [9.17, 15) is 0 Å². The van der Waals surface area contributed by atoms with Crippen LogP contribution >= 0.6 is 0 Å². The normalized spacial score (nSPS) is 15.1. The van der Waals surface area contributed by atoms with Gasteiger partial charge in [0.05, 0.1) is 13.7 Å². The minimum absolute atomic E-state index is 0.521. The van der Waals surface area contributed by atoms with Crippen LogP contribution in [0.25, 0.3) is 11.1 Å². The molecule has 4 rings (SSSR count). The van der Waals surface area contributed by atoms with Crippen molar-refractivity contribution < 1.29 is 4.74 Å². The number of piperidine rings is 1. The second kappa shape index (κ2) is 8.22. The van der Waals surface area contributed by atoms with Gasteiger partial charge in [-0.3, -0.25) is 5.10 Å². The lowest BCUT2D eigenvalue weighted by molar-refractivity contribution is 0.410. The van der Waals surface area contributed by atoms with Crippen molar-refractivity contribution in [1.29, 1.82) is 0 Å². The second-order valence-corrected chi connectivity index (χ2v) is 6.86. The SMILES string of the molecule is COc1cccc(-c2cccc(N3CCC(NCc4ncn[nH]4)CC3)c2)c1. The Hall–Kier alpha value is -2.86. The first kappa shape index (κ1) is 17.5. The molecule has 0 radical (unpaired) electrons. The molecule has 6 nitrogen and oxygen atoms in total. The van der Waals surface area contributed by atoms with E-state index in [0.29, 0.717) is 6.04 Å². The summed E-state index contributed by atoms with van der Waals surface area (Å²) in [6, 6.07) is 17.5. The van der Waals surface area contributed by atoms with Crippen molar-refractivity contribution in [2.45, 2.75) is 25.4 Å². The van der Waals surface area contributed by atoms with E-state index in [0.717, 1.165) is 44.0 Å². The maximum atomic E-state index is 5.36. The van der Waals surface area contributed by atoms with Gasteiger partial charge in [0.15, 0.2) is 0 Å². The monoisotopic (exact) mass is 363 g/mol. The largest absolute Gasteiger partial charge is 0.497 e. The van der Waals surface area contributed by atoms with Crippen molar-refractivity contribution in [3.63, 3.8) is 0 Å². The van der Waals surface area contributed by atoms with Crippen LogP contribution in [0.5, 0.6) is 5.75 Å². The van der Waals surface area contributed by atoms with Gasteiger partial charge in [-0.05, 0) is 48.2 Å². The molecule has 0 saturated carbocycles. The molecule has 0 spiro atoms. The number of hydrogen-bond acceptors (Lipinski definition) is 5. The fourth-order valence-corrected chi connectivity index (χ4v) is 3.58. The van der Waals surface area contributed by atoms with E-state index in [1.54, 1.807) is 13.4 Å². The molecule has 2 heterocycles. The molecule has 0 aliphatic carbocycles. The first-order valence-corrected chi connectivity index (χ1v) is 9.39. The number of nitrogens with zero attached hydrogens (tertiary/aromatic N) is 3. The van der Waals surface area contributed by atoms with Crippen LogP contribution in [0.1, 0.15) is 18.7 Å². The van der Waals surface area contributed by atoms with E-state index < -0.39 is 0 Å². The number of aromatic nitrogens is 3. The fraction of sp³-hybridized carbons (Fsp3) is 0.333. The van der Waals surface area contributed by atoms with E-state index in [2.05, 4.69) is 61.8 Å². The Morgan fingerprint density at radius 2 is 1.89 bits per heavy atom. The smallest absolute Gasteiger partial charge is 0.138 e. The molecule has 27 heavy (non-hydrogen) atoms. The number of anilines is 1. The van der Waals surface area contributed by atoms with Gasteiger partial charge >= 0.3 is 0 Å². The summed E-state index contributed by atoms with van der Waals surface area (Å²) in [6.07, 6.45) is 3.80. The van der Waals surface area contributed by atoms with Crippen LogP contribution in [0, 0.1) is 0 Å². The second-order valence-electron chi connectivity index (χ2n) is 6.86. The summed E-state index contributed by atoms with van der Waals surface area (Å²) in [5, 5.41) is 10.4. The topological polar surface area (TPSA) is 66.1 Å². The van der Waals surface area contributed by atoms with Gasteiger partial charge in [0.25, 0.3) is 0 Å². The molecule has 0 unspecified atom stereocenters. The molecule has 1 fully saturated rings. The number of ether oxygens (including phenoxy) is 1. The molecule has 6 heteroatoms. The molecule has 0 bridgehead atoms. The lowest BCUT2D eigenvalue weighted by atomic mass is 10.0. The standard InChI is InChI=1S/C21H25N5O/c1-27-20-7-3-5-17(13-20)16-4-2-6-19(12-16)26-10-8-18(9-11-26)22-14-21-23-15-24-25-21/h2-7,12-13,15,18,22H,8-11,14H2,1H3,(H,23,24,25). The highest BCUT2D eigenvalue weighted by atomic mass is 16.5. The van der Waals surface area contributed by atoms with E-state index in [1.165, 1.54) is 16.8 Å². The van der Waals surface area contributed by atoms with E-state index in [1.807, 2.05) is 12.1 Å². The van der Waals surface area contributed by atoms with Crippen LogP contribution < -0.4 is 15.0 Å². The molecule has 0 amide bonds. The lowest BCUT2D eigenvalue weighted by Crippen LogP contribution is -2.42. The zero-order chi connectivity index (χ0) is 18.5. The average Bonchev–Trinajstić information content (AvgIpc) is 3.26. The van der Waals surface area contributed by atoms with Gasteiger partial charge in [0.1, 0.15) is 17.9 Å². The highest BCUT2D eigenvalue weighted by Crippen LogP contribution is 2.28. The zero-order valence-electron chi connectivity index (χ0n) is 15.6. The van der Waals surface area contributed by atoms with Gasteiger partial charge in [-0.15, -0.1) is 0 Å². The number of methoxy groups -OCH3 is 1. The minimum atomic E-state index is 0.521. The number of aromatic amines is 1. The summed E-state index contributed by atoms with van der Waals surface area (Å²) < 4.78 is 5.36. The zero-order valence-corrected chi connectivity index (χ0v) is 15.6. The number of hydrogen-bond donors (Lipinski definition) is 2. The maximum absolute atomic E-state index is 5.36. The molecular formula is C21H25N5O. The highest BCUT2D eigenvalue weighted by Gasteiger charge is 2.19. The summed E-state index contributed by atoms with van der Waals surface area (Å²) >= 11 is 0. The molecule has 3 aromatic rings. The first-order chi connectivity index (χ1) is 13.3. The molecule has 1 aromatic heterocycles. The van der Waals surface area contributed by atoms with Crippen LogP contribution in [0.2, 0.25) is 0 Å². The summed E-state index contributed by atoms with van der Waals surface area (Å²) in [7, 11) is 1.70. The Bertz CT molecular complexity index is 857. The Morgan fingerprint density at radius 1 is 1.11 bits per heavy atom. The Labute approximate surface area is 159 Å². The lowest BCUT2D eigenvalue weighted by Gasteiger charge is -2.34. The third kappa shape index (κ3) is 4.28. The van der Waals surface area contributed by atoms with Gasteiger partial charge in [-0.1, -0.05) is 24.3 Å². The first-order valence-electron chi connectivity index (χ1n) is 9.39. The van der Waals surface area contributed by atoms with Crippen LogP contribution in [-0.4, -0.2) is 41.4 Å². The van der Waals surface area contributed by atoms with Crippen molar-refractivity contribution in [3.05, 3.63) is 60.7 Å². The molecule has 1 aliphatic rings. The molecule has 140 valence electrons. The minimum Gasteiger partial charge on any atom is -0.497 e. The van der Waals surface area contributed by atoms with Gasteiger partial charge < -0.3 is 15.0 Å². The molecule has 2 aromatic carbocycles. The van der Waals surface area contributed by atoms with Crippen molar-refractivity contribution in [2.24, 2.45) is 0 Å². The Morgan fingerprint density at radius 3 is 2.63 bits per heavy atom. The van der Waals surface area contributed by atoms with Crippen LogP contribution in [-0.2, 0) is 6.54 Å². The third-order valence-electron chi connectivity index (χ3n) is 5.13. The molecule has 0 atom stereocenters. The highest BCUT2D eigenvalue weighted by molar-refractivity contribution is 5.69. The average molecular weight is 363 g/mol. The quantitative estimate of drug-likeness (QED) is 0.704. The van der Waals surface area contributed by atoms with Gasteiger partial charge in [0, 0.05) is 24.8 Å². The number of rotatable bonds is 6. The summed E-state index contributed by atoms with van der Waals surface area (Å²) in [5.74, 6) is 1.78. The van der Waals surface area contributed by atoms with Crippen molar-refractivity contribution >= 4 is 5.69 Å². The van der Waals surface area contributed by atoms with Gasteiger partial charge in [-0.2, -0.15) is 5.10 Å². The summed E-state index contributed by atoms with van der Waals surface area (Å²) in [6.45, 7) is 2.85. The van der Waals surface area contributed by atoms with E-state index >= 15 is 0 Å². The third-order valence-corrected chi connectivity index (χ3v) is 5.13. The van der Waals surface area contributed by atoms with E-state index in [-0.39, 0.29) is 0 Å². The fourth-order valence-electron chi connectivity index (χ4n) is 3.58. The number of H-pyrrole nitrogens is 1. The van der Waals surface area contributed by atoms with Crippen LogP contribution in [0.3, 0.4) is 0 Å². The van der Waals surface area contributed by atoms with Gasteiger partial charge in [0.2, 0.25) is 0 Å². The molecule has 1 saturated heterocycles. The number of nitrogens with one attached hydrogen (secondary N) is 2. The molecule has 1 aliphatic heterocycles. The Balaban J connectivity index is 1.38. The maximum Gasteiger partial charge on any atom is 0.138 e. The van der Waals surface area contributed by atoms with Crippen molar-refractivity contribution in [1.82, 2.24) is 20.5 Å². The summed E-state index contributed by atoms with van der Waals surface area (Å²) in [5.41, 5.74) is 3.68. The summed E-state index contributed by atoms with van der Waals surface area (Å²) in [4.78, 5) is 6.63. The molecular weight excluding hydrogens is 338 g/mol. The number of benzene rings is 2. The van der Waals surface area contributed by atoms with Crippen LogP contribution in [0.15, 0.2) is 54.9 Å². The molecule has 2 N–H and O–H groups in total. The van der Waals surface area contributed by atoms with Crippen LogP contribution in [0.4, 0.5) is 5.69 Å². The van der Waals surface area contributed by atoms with Crippen molar-refractivity contribution in [3.8, 4) is 16.9 Å². The van der Waals surface area contributed by atoms with Gasteiger partial charge in [-0.25, -0.2) is 4.98 Å². The predicted octanol–water partition coefficient (Wildman–Crippen LogP) is 3.24. The predicted molar refractivity (Wildman–Crippen MR) is 107 cm³/mol.